The number of piperazine rings is 1. The van der Waals surface area contributed by atoms with Crippen LogP contribution in [-0.2, 0) is 6.54 Å². The summed E-state index contributed by atoms with van der Waals surface area (Å²) in [5, 5.41) is 0.789. The summed E-state index contributed by atoms with van der Waals surface area (Å²) < 4.78 is 0. The van der Waals surface area contributed by atoms with Gasteiger partial charge < -0.3 is 4.90 Å². The molecule has 0 radical (unpaired) electrons. The Labute approximate surface area is 210 Å². The zero-order valence-electron chi connectivity index (χ0n) is 20.7. The Morgan fingerprint density at radius 2 is 1.56 bits per heavy atom. The van der Waals surface area contributed by atoms with Gasteiger partial charge in [-0.2, -0.15) is 0 Å². The Bertz CT molecular complexity index is 1090. The van der Waals surface area contributed by atoms with Gasteiger partial charge in [0.15, 0.2) is 0 Å². The molecule has 0 bridgehead atoms. The third-order valence-corrected chi connectivity index (χ3v) is 7.20. The average Bonchev–Trinajstić information content (AvgIpc) is 2.84. The molecular formula is C30H36ClN3. The van der Waals surface area contributed by atoms with E-state index >= 15 is 0 Å². The van der Waals surface area contributed by atoms with Crippen LogP contribution in [0.3, 0.4) is 0 Å². The van der Waals surface area contributed by atoms with Gasteiger partial charge in [0.25, 0.3) is 0 Å². The number of rotatable bonds is 8. The van der Waals surface area contributed by atoms with Crippen molar-refractivity contribution in [1.82, 2.24) is 14.8 Å². The third kappa shape index (κ3) is 6.79. The topological polar surface area (TPSA) is 19.4 Å². The van der Waals surface area contributed by atoms with Crippen LogP contribution in [0.5, 0.6) is 0 Å². The number of nitrogens with zero attached hydrogens (tertiary/aromatic N) is 3. The zero-order valence-corrected chi connectivity index (χ0v) is 21.5. The first kappa shape index (κ1) is 24.7. The highest BCUT2D eigenvalue weighted by molar-refractivity contribution is 6.30. The van der Waals surface area contributed by atoms with Gasteiger partial charge in [0.2, 0.25) is 0 Å². The first-order valence-corrected chi connectivity index (χ1v) is 12.8. The van der Waals surface area contributed by atoms with Crippen LogP contribution in [0.1, 0.15) is 40.7 Å². The van der Waals surface area contributed by atoms with E-state index < -0.39 is 0 Å². The second-order valence-electron chi connectivity index (χ2n) is 9.50. The molecule has 1 saturated heterocycles. The van der Waals surface area contributed by atoms with Gasteiger partial charge in [-0.1, -0.05) is 35.9 Å². The molecule has 2 aromatic carbocycles. The maximum Gasteiger partial charge on any atom is 0.0705 e. The second-order valence-corrected chi connectivity index (χ2v) is 9.93. The number of halogens is 1. The van der Waals surface area contributed by atoms with Crippen LogP contribution >= 0.6 is 11.6 Å². The highest BCUT2D eigenvalue weighted by Crippen LogP contribution is 2.24. The number of benzene rings is 2. The Balaban J connectivity index is 1.22. The molecule has 0 aliphatic carbocycles. The number of aryl methyl sites for hydroxylation is 2. The van der Waals surface area contributed by atoms with E-state index in [0.29, 0.717) is 0 Å². The molecule has 2 heterocycles. The Morgan fingerprint density at radius 1 is 0.882 bits per heavy atom. The fourth-order valence-electron chi connectivity index (χ4n) is 4.57. The molecule has 0 saturated carbocycles. The molecule has 178 valence electrons. The van der Waals surface area contributed by atoms with Crippen molar-refractivity contribution in [1.29, 1.82) is 0 Å². The number of hydrogen-bond donors (Lipinski definition) is 0. The molecule has 34 heavy (non-hydrogen) atoms. The molecule has 0 spiro atoms. The number of allylic oxidation sites excluding steroid dienone is 1. The molecule has 3 nitrogen and oxygen atoms in total. The molecule has 1 aliphatic rings. The zero-order chi connectivity index (χ0) is 23.9. The lowest BCUT2D eigenvalue weighted by Crippen LogP contribution is -2.46. The lowest BCUT2D eigenvalue weighted by molar-refractivity contribution is 0.126. The number of aromatic nitrogens is 1. The highest BCUT2D eigenvalue weighted by Gasteiger charge is 2.17. The summed E-state index contributed by atoms with van der Waals surface area (Å²) in [6, 6.07) is 17.0. The minimum Gasteiger partial charge on any atom is -0.301 e. The van der Waals surface area contributed by atoms with Crippen molar-refractivity contribution in [3.8, 4) is 11.3 Å². The van der Waals surface area contributed by atoms with Crippen LogP contribution < -0.4 is 0 Å². The molecule has 4 rings (SSSR count). The van der Waals surface area contributed by atoms with Crippen molar-refractivity contribution in [3.05, 3.63) is 93.6 Å². The lowest BCUT2D eigenvalue weighted by atomic mass is 9.98. The van der Waals surface area contributed by atoms with Crippen LogP contribution in [0.4, 0.5) is 0 Å². The van der Waals surface area contributed by atoms with Crippen LogP contribution in [0.2, 0.25) is 5.02 Å². The van der Waals surface area contributed by atoms with E-state index in [1.165, 1.54) is 46.3 Å². The first-order chi connectivity index (χ1) is 16.5. The molecule has 0 amide bonds. The number of pyridine rings is 1. The van der Waals surface area contributed by atoms with Crippen molar-refractivity contribution in [2.75, 3.05) is 32.7 Å². The Morgan fingerprint density at radius 3 is 2.26 bits per heavy atom. The van der Waals surface area contributed by atoms with Gasteiger partial charge in [-0.05, 0) is 104 Å². The van der Waals surface area contributed by atoms with Crippen molar-refractivity contribution in [2.45, 2.75) is 40.2 Å². The fourth-order valence-corrected chi connectivity index (χ4v) is 4.70. The largest absolute Gasteiger partial charge is 0.301 e. The maximum atomic E-state index is 5.95. The SMILES string of the molecule is Cc1cc(-c2cc(CN3CCN(CCC/C=C/c4ccc(Cl)cc4)CC3)ccn2)cc(C)c1C. The molecule has 1 fully saturated rings. The van der Waals surface area contributed by atoms with E-state index in [1.807, 2.05) is 18.3 Å². The molecule has 1 aromatic heterocycles. The number of unbranched alkanes of at least 4 members (excludes halogenated alkanes) is 1. The Kier molecular flexibility index (Phi) is 8.55. The molecule has 3 aromatic rings. The third-order valence-electron chi connectivity index (χ3n) is 6.94. The van der Waals surface area contributed by atoms with Crippen LogP contribution in [-0.4, -0.2) is 47.5 Å². The normalized spacial score (nSPS) is 15.3. The van der Waals surface area contributed by atoms with Crippen LogP contribution in [0.15, 0.2) is 60.8 Å². The predicted molar refractivity (Wildman–Crippen MR) is 145 cm³/mol. The highest BCUT2D eigenvalue weighted by atomic mass is 35.5. The first-order valence-electron chi connectivity index (χ1n) is 12.4. The van der Waals surface area contributed by atoms with Gasteiger partial charge in [0.05, 0.1) is 5.69 Å². The summed E-state index contributed by atoms with van der Waals surface area (Å²) in [5.74, 6) is 0. The van der Waals surface area contributed by atoms with E-state index in [-0.39, 0.29) is 0 Å². The maximum absolute atomic E-state index is 5.95. The Hall–Kier alpha value is -2.46. The minimum atomic E-state index is 0.789. The van der Waals surface area contributed by atoms with Gasteiger partial charge in [0.1, 0.15) is 0 Å². The molecule has 0 unspecified atom stereocenters. The van der Waals surface area contributed by atoms with Gasteiger partial charge in [-0.15, -0.1) is 0 Å². The van der Waals surface area contributed by atoms with E-state index in [9.17, 15) is 0 Å². The predicted octanol–water partition coefficient (Wildman–Crippen LogP) is 6.94. The van der Waals surface area contributed by atoms with E-state index in [1.54, 1.807) is 0 Å². The lowest BCUT2D eigenvalue weighted by Gasteiger charge is -2.34. The van der Waals surface area contributed by atoms with Gasteiger partial charge >= 0.3 is 0 Å². The summed E-state index contributed by atoms with van der Waals surface area (Å²) in [6.45, 7) is 13.3. The minimum absolute atomic E-state index is 0.789. The standard InChI is InChI=1S/C30H36ClN3/c1-23-19-28(20-24(2)25(23)3)30-21-27(12-13-32-30)22-34-17-15-33(16-18-34)14-6-4-5-7-26-8-10-29(31)11-9-26/h5,7-13,19-21H,4,6,14-18,22H2,1-3H3/b7-5+. The van der Waals surface area contributed by atoms with Crippen molar-refractivity contribution >= 4 is 17.7 Å². The van der Waals surface area contributed by atoms with Crippen molar-refractivity contribution in [3.63, 3.8) is 0 Å². The quantitative estimate of drug-likeness (QED) is 0.330. The molecule has 1 aliphatic heterocycles. The fraction of sp³-hybridized carbons (Fsp3) is 0.367. The smallest absolute Gasteiger partial charge is 0.0705 e. The summed E-state index contributed by atoms with van der Waals surface area (Å²) in [6.07, 6.45) is 8.74. The molecule has 0 atom stereocenters. The monoisotopic (exact) mass is 473 g/mol. The summed E-state index contributed by atoms with van der Waals surface area (Å²) >= 11 is 5.95. The summed E-state index contributed by atoms with van der Waals surface area (Å²) in [7, 11) is 0. The van der Waals surface area contributed by atoms with Crippen molar-refractivity contribution < 1.29 is 0 Å². The summed E-state index contributed by atoms with van der Waals surface area (Å²) in [5.41, 5.74) is 8.89. The second kappa shape index (κ2) is 11.8. The van der Waals surface area contributed by atoms with Gasteiger partial charge in [-0.25, -0.2) is 0 Å². The average molecular weight is 474 g/mol. The molecular weight excluding hydrogens is 438 g/mol. The van der Waals surface area contributed by atoms with E-state index in [4.69, 9.17) is 11.6 Å². The van der Waals surface area contributed by atoms with Gasteiger partial charge in [-0.3, -0.25) is 9.88 Å². The number of hydrogen-bond acceptors (Lipinski definition) is 3. The van der Waals surface area contributed by atoms with Gasteiger partial charge in [0, 0.05) is 49.5 Å². The van der Waals surface area contributed by atoms with E-state index in [0.717, 1.165) is 49.9 Å². The molecule has 4 heteroatoms. The van der Waals surface area contributed by atoms with Crippen molar-refractivity contribution in [2.24, 2.45) is 0 Å². The summed E-state index contributed by atoms with van der Waals surface area (Å²) in [4.78, 5) is 9.83. The molecule has 0 N–H and O–H groups in total. The van der Waals surface area contributed by atoms with E-state index in [2.05, 4.69) is 84.1 Å². The van der Waals surface area contributed by atoms with Crippen LogP contribution in [0.25, 0.3) is 17.3 Å². The van der Waals surface area contributed by atoms with Crippen LogP contribution in [0, 0.1) is 20.8 Å².